The van der Waals surface area contributed by atoms with Gasteiger partial charge >= 0.3 is 0 Å². The van der Waals surface area contributed by atoms with E-state index in [4.69, 9.17) is 5.26 Å². The normalized spacial score (nSPS) is 9.61. The van der Waals surface area contributed by atoms with Crippen LogP contribution in [0.3, 0.4) is 0 Å². The maximum Gasteiger partial charge on any atom is 0.270 e. The summed E-state index contributed by atoms with van der Waals surface area (Å²) in [5.74, 6) is -0.370. The zero-order chi connectivity index (χ0) is 13.7. The molecule has 0 saturated heterocycles. The lowest BCUT2D eigenvalue weighted by atomic mass is 10.1. The molecule has 1 aromatic carbocycles. The summed E-state index contributed by atoms with van der Waals surface area (Å²) in [6, 6.07) is 6.10. The smallest absolute Gasteiger partial charge is 0.270 e. The molecule has 0 aliphatic heterocycles. The first-order valence-corrected chi connectivity index (χ1v) is 5.42. The van der Waals surface area contributed by atoms with E-state index in [2.05, 4.69) is 0 Å². The van der Waals surface area contributed by atoms with Crippen LogP contribution in [0.15, 0.2) is 18.2 Å². The van der Waals surface area contributed by atoms with Crippen LogP contribution in [0.5, 0.6) is 0 Å². The second-order valence-electron chi connectivity index (χ2n) is 3.79. The highest BCUT2D eigenvalue weighted by atomic mass is 16.6. The summed E-state index contributed by atoms with van der Waals surface area (Å²) in [7, 11) is 0. The molecule has 0 fully saturated rings. The maximum atomic E-state index is 12.0. The fourth-order valence-corrected chi connectivity index (χ4v) is 1.59. The van der Waals surface area contributed by atoms with Crippen LogP contribution in [0.25, 0.3) is 0 Å². The number of non-ortho nitro benzene ring substituents is 1. The van der Waals surface area contributed by atoms with Gasteiger partial charge < -0.3 is 4.90 Å². The van der Waals surface area contributed by atoms with E-state index in [1.54, 1.807) is 19.9 Å². The van der Waals surface area contributed by atoms with Crippen LogP contribution >= 0.6 is 0 Å². The van der Waals surface area contributed by atoms with Crippen molar-refractivity contribution in [2.75, 3.05) is 13.1 Å². The zero-order valence-corrected chi connectivity index (χ0v) is 10.2. The lowest BCUT2D eigenvalue weighted by molar-refractivity contribution is -0.384. The van der Waals surface area contributed by atoms with E-state index >= 15 is 0 Å². The van der Waals surface area contributed by atoms with Crippen molar-refractivity contribution in [3.63, 3.8) is 0 Å². The molecule has 18 heavy (non-hydrogen) atoms. The second kappa shape index (κ2) is 5.77. The average Bonchev–Trinajstić information content (AvgIpc) is 2.34. The molecule has 0 spiro atoms. The van der Waals surface area contributed by atoms with E-state index in [1.807, 2.05) is 6.07 Å². The number of benzene rings is 1. The molecule has 1 aromatic rings. The fourth-order valence-electron chi connectivity index (χ4n) is 1.59. The number of hydrogen-bond acceptors (Lipinski definition) is 4. The Morgan fingerprint density at radius 1 is 1.50 bits per heavy atom. The van der Waals surface area contributed by atoms with Crippen LogP contribution < -0.4 is 0 Å². The standard InChI is InChI=1S/C12H13N3O3/c1-3-14(5-4-13)12(16)10-6-9(2)7-11(8-10)15(17)18/h6-8H,3,5H2,1-2H3. The Kier molecular flexibility index (Phi) is 4.38. The van der Waals surface area contributed by atoms with Gasteiger partial charge in [-0.15, -0.1) is 0 Å². The van der Waals surface area contributed by atoms with Crippen LogP contribution in [0.1, 0.15) is 22.8 Å². The molecule has 94 valence electrons. The van der Waals surface area contributed by atoms with Crippen molar-refractivity contribution < 1.29 is 9.72 Å². The Morgan fingerprint density at radius 2 is 2.17 bits per heavy atom. The number of carbonyl (C=O) groups excluding carboxylic acids is 1. The summed E-state index contributed by atoms with van der Waals surface area (Å²) in [4.78, 5) is 23.6. The van der Waals surface area contributed by atoms with Crippen LogP contribution in [0.2, 0.25) is 0 Å². The zero-order valence-electron chi connectivity index (χ0n) is 10.2. The van der Waals surface area contributed by atoms with E-state index in [1.165, 1.54) is 17.0 Å². The number of nitro benzene ring substituents is 1. The lowest BCUT2D eigenvalue weighted by Gasteiger charge is -2.17. The summed E-state index contributed by atoms with van der Waals surface area (Å²) in [6.45, 7) is 3.79. The number of hydrogen-bond donors (Lipinski definition) is 0. The number of amides is 1. The van der Waals surface area contributed by atoms with Gasteiger partial charge in [0.2, 0.25) is 0 Å². The van der Waals surface area contributed by atoms with Gasteiger partial charge in [-0.05, 0) is 25.5 Å². The van der Waals surface area contributed by atoms with Crippen molar-refractivity contribution in [1.82, 2.24) is 4.90 Å². The minimum absolute atomic E-state index is 0.0307. The number of carbonyl (C=O) groups is 1. The quantitative estimate of drug-likeness (QED) is 0.461. The predicted molar refractivity (Wildman–Crippen MR) is 65.0 cm³/mol. The molecule has 0 atom stereocenters. The van der Waals surface area contributed by atoms with Gasteiger partial charge in [-0.25, -0.2) is 0 Å². The summed E-state index contributed by atoms with van der Waals surface area (Å²) < 4.78 is 0. The molecule has 0 N–H and O–H groups in total. The Hall–Kier alpha value is -2.42. The van der Waals surface area contributed by atoms with E-state index in [0.717, 1.165) is 0 Å². The molecule has 0 aliphatic carbocycles. The van der Waals surface area contributed by atoms with Crippen LogP contribution in [-0.2, 0) is 0 Å². The number of rotatable bonds is 4. The topological polar surface area (TPSA) is 87.2 Å². The van der Waals surface area contributed by atoms with Crippen molar-refractivity contribution in [3.8, 4) is 6.07 Å². The molecule has 0 radical (unpaired) electrons. The molecular formula is C12H13N3O3. The fraction of sp³-hybridized carbons (Fsp3) is 0.333. The first kappa shape index (κ1) is 13.6. The Morgan fingerprint density at radius 3 is 2.67 bits per heavy atom. The van der Waals surface area contributed by atoms with Crippen molar-refractivity contribution in [3.05, 3.63) is 39.4 Å². The molecule has 6 heteroatoms. The number of nitrogens with zero attached hydrogens (tertiary/aromatic N) is 3. The predicted octanol–water partition coefficient (Wildman–Crippen LogP) is 1.89. The molecule has 1 amide bonds. The molecule has 1 rings (SSSR count). The van der Waals surface area contributed by atoms with Gasteiger partial charge in [-0.3, -0.25) is 14.9 Å². The van der Waals surface area contributed by atoms with E-state index < -0.39 is 4.92 Å². The highest BCUT2D eigenvalue weighted by Gasteiger charge is 2.17. The molecule has 0 saturated carbocycles. The number of nitro groups is 1. The molecule has 0 aromatic heterocycles. The molecule has 6 nitrogen and oxygen atoms in total. The van der Waals surface area contributed by atoms with E-state index in [-0.39, 0.29) is 23.7 Å². The summed E-state index contributed by atoms with van der Waals surface area (Å²) in [5, 5.41) is 19.3. The molecule has 0 bridgehead atoms. The first-order chi connectivity index (χ1) is 8.49. The molecule has 0 unspecified atom stereocenters. The Bertz CT molecular complexity index is 520. The van der Waals surface area contributed by atoms with Crippen molar-refractivity contribution in [1.29, 1.82) is 5.26 Å². The average molecular weight is 247 g/mol. The lowest BCUT2D eigenvalue weighted by Crippen LogP contribution is -2.31. The monoisotopic (exact) mass is 247 g/mol. The first-order valence-electron chi connectivity index (χ1n) is 5.42. The van der Waals surface area contributed by atoms with E-state index in [9.17, 15) is 14.9 Å². The number of nitriles is 1. The molecular weight excluding hydrogens is 234 g/mol. The third-order valence-corrected chi connectivity index (χ3v) is 2.45. The summed E-state index contributed by atoms with van der Waals surface area (Å²) in [6.07, 6.45) is 0. The second-order valence-corrected chi connectivity index (χ2v) is 3.79. The van der Waals surface area contributed by atoms with Crippen molar-refractivity contribution in [2.24, 2.45) is 0 Å². The van der Waals surface area contributed by atoms with Gasteiger partial charge in [0.1, 0.15) is 6.54 Å². The van der Waals surface area contributed by atoms with Gasteiger partial charge in [0.25, 0.3) is 11.6 Å². The van der Waals surface area contributed by atoms with Crippen molar-refractivity contribution >= 4 is 11.6 Å². The highest BCUT2D eigenvalue weighted by Crippen LogP contribution is 2.18. The van der Waals surface area contributed by atoms with Gasteiger partial charge in [0.15, 0.2) is 0 Å². The van der Waals surface area contributed by atoms with Gasteiger partial charge in [-0.1, -0.05) is 0 Å². The largest absolute Gasteiger partial charge is 0.326 e. The van der Waals surface area contributed by atoms with Crippen LogP contribution in [0.4, 0.5) is 5.69 Å². The van der Waals surface area contributed by atoms with Gasteiger partial charge in [-0.2, -0.15) is 5.26 Å². The van der Waals surface area contributed by atoms with Crippen LogP contribution in [-0.4, -0.2) is 28.8 Å². The van der Waals surface area contributed by atoms with Crippen molar-refractivity contribution in [2.45, 2.75) is 13.8 Å². The third-order valence-electron chi connectivity index (χ3n) is 2.45. The Balaban J connectivity index is 3.13. The minimum atomic E-state index is -0.537. The summed E-state index contributed by atoms with van der Waals surface area (Å²) >= 11 is 0. The maximum absolute atomic E-state index is 12.0. The van der Waals surface area contributed by atoms with Gasteiger partial charge in [0, 0.05) is 24.2 Å². The highest BCUT2D eigenvalue weighted by molar-refractivity contribution is 5.95. The third kappa shape index (κ3) is 3.04. The summed E-state index contributed by atoms with van der Waals surface area (Å²) in [5.41, 5.74) is 0.755. The van der Waals surface area contributed by atoms with Gasteiger partial charge in [0.05, 0.1) is 11.0 Å². The SMILES string of the molecule is CCN(CC#N)C(=O)c1cc(C)cc([N+](=O)[O-])c1. The Labute approximate surface area is 105 Å². The molecule has 0 heterocycles. The van der Waals surface area contributed by atoms with E-state index in [0.29, 0.717) is 12.1 Å². The minimum Gasteiger partial charge on any atom is -0.326 e. The molecule has 0 aliphatic rings. The number of aryl methyl sites for hydroxylation is 1. The van der Waals surface area contributed by atoms with Crippen LogP contribution in [0, 0.1) is 28.4 Å².